The molecule has 1 aliphatic rings. The van der Waals surface area contributed by atoms with Gasteiger partial charge < -0.3 is 5.32 Å². The SMILES string of the molecule is N#CC1CCC(NCCc2ccccc2)CC1. The van der Waals surface area contributed by atoms with Gasteiger partial charge >= 0.3 is 0 Å². The lowest BCUT2D eigenvalue weighted by Gasteiger charge is -2.25. The van der Waals surface area contributed by atoms with E-state index in [-0.39, 0.29) is 0 Å². The summed E-state index contributed by atoms with van der Waals surface area (Å²) in [5.74, 6) is 0.308. The van der Waals surface area contributed by atoms with Crippen LogP contribution in [0.15, 0.2) is 30.3 Å². The van der Waals surface area contributed by atoms with Gasteiger partial charge in [-0.15, -0.1) is 0 Å². The standard InChI is InChI=1S/C15H20N2/c16-12-14-6-8-15(9-7-14)17-11-10-13-4-2-1-3-5-13/h1-5,14-15,17H,6-11H2. The van der Waals surface area contributed by atoms with Gasteiger partial charge in [0.05, 0.1) is 6.07 Å². The fourth-order valence-electron chi connectivity index (χ4n) is 2.49. The largest absolute Gasteiger partial charge is 0.314 e. The first kappa shape index (κ1) is 12.1. The quantitative estimate of drug-likeness (QED) is 0.860. The molecule has 0 bridgehead atoms. The minimum absolute atomic E-state index is 0.308. The van der Waals surface area contributed by atoms with Gasteiger partial charge in [0.15, 0.2) is 0 Å². The molecule has 0 spiro atoms. The van der Waals surface area contributed by atoms with E-state index in [1.54, 1.807) is 0 Å². The molecule has 0 unspecified atom stereocenters. The Balaban J connectivity index is 1.65. The van der Waals surface area contributed by atoms with Crippen molar-refractivity contribution >= 4 is 0 Å². The van der Waals surface area contributed by atoms with E-state index in [0.717, 1.165) is 38.6 Å². The number of benzene rings is 1. The van der Waals surface area contributed by atoms with Crippen LogP contribution in [0.5, 0.6) is 0 Å². The number of rotatable bonds is 4. The van der Waals surface area contributed by atoms with Crippen LogP contribution in [0.2, 0.25) is 0 Å². The number of hydrogen-bond donors (Lipinski definition) is 1. The maximum Gasteiger partial charge on any atom is 0.0655 e. The predicted octanol–water partition coefficient (Wildman–Crippen LogP) is 2.90. The van der Waals surface area contributed by atoms with Crippen LogP contribution in [0.25, 0.3) is 0 Å². The van der Waals surface area contributed by atoms with E-state index in [4.69, 9.17) is 5.26 Å². The van der Waals surface area contributed by atoms with Crippen LogP contribution < -0.4 is 5.32 Å². The molecule has 0 amide bonds. The molecule has 17 heavy (non-hydrogen) atoms. The molecule has 1 aromatic carbocycles. The molecule has 1 fully saturated rings. The number of nitriles is 1. The van der Waals surface area contributed by atoms with Crippen molar-refractivity contribution in [2.75, 3.05) is 6.54 Å². The van der Waals surface area contributed by atoms with Crippen molar-refractivity contribution in [2.24, 2.45) is 5.92 Å². The summed E-state index contributed by atoms with van der Waals surface area (Å²) in [7, 11) is 0. The summed E-state index contributed by atoms with van der Waals surface area (Å²) in [5, 5.41) is 12.4. The molecule has 0 aliphatic heterocycles. The van der Waals surface area contributed by atoms with Gasteiger partial charge in [0.1, 0.15) is 0 Å². The van der Waals surface area contributed by atoms with E-state index in [1.165, 1.54) is 5.56 Å². The zero-order chi connectivity index (χ0) is 11.9. The fourth-order valence-corrected chi connectivity index (χ4v) is 2.49. The van der Waals surface area contributed by atoms with Crippen molar-refractivity contribution in [2.45, 2.75) is 38.1 Å². The Morgan fingerprint density at radius 2 is 1.82 bits per heavy atom. The van der Waals surface area contributed by atoms with Crippen LogP contribution in [0.3, 0.4) is 0 Å². The van der Waals surface area contributed by atoms with Crippen LogP contribution in [0.4, 0.5) is 0 Å². The lowest BCUT2D eigenvalue weighted by atomic mass is 9.87. The van der Waals surface area contributed by atoms with Crippen molar-refractivity contribution in [1.82, 2.24) is 5.32 Å². The zero-order valence-corrected chi connectivity index (χ0v) is 10.2. The molecular weight excluding hydrogens is 208 g/mol. The summed E-state index contributed by atoms with van der Waals surface area (Å²) >= 11 is 0. The smallest absolute Gasteiger partial charge is 0.0655 e. The molecule has 1 aliphatic carbocycles. The van der Waals surface area contributed by atoms with Crippen molar-refractivity contribution in [3.63, 3.8) is 0 Å². The first-order valence-corrected chi connectivity index (χ1v) is 6.55. The summed E-state index contributed by atoms with van der Waals surface area (Å²) in [4.78, 5) is 0. The Hall–Kier alpha value is -1.33. The van der Waals surface area contributed by atoms with Crippen LogP contribution >= 0.6 is 0 Å². The molecule has 0 heterocycles. The summed E-state index contributed by atoms with van der Waals surface area (Å²) in [6.45, 7) is 1.05. The van der Waals surface area contributed by atoms with E-state index >= 15 is 0 Å². The summed E-state index contributed by atoms with van der Waals surface area (Å²) < 4.78 is 0. The third-order valence-corrected chi connectivity index (χ3v) is 3.60. The molecule has 1 aromatic rings. The minimum atomic E-state index is 0.308. The molecule has 0 atom stereocenters. The average Bonchev–Trinajstić information content (AvgIpc) is 2.41. The van der Waals surface area contributed by atoms with E-state index in [1.807, 2.05) is 0 Å². The van der Waals surface area contributed by atoms with E-state index in [0.29, 0.717) is 12.0 Å². The molecule has 2 nitrogen and oxygen atoms in total. The highest BCUT2D eigenvalue weighted by Gasteiger charge is 2.19. The van der Waals surface area contributed by atoms with Gasteiger partial charge in [-0.2, -0.15) is 5.26 Å². The molecule has 90 valence electrons. The van der Waals surface area contributed by atoms with Gasteiger partial charge in [0.2, 0.25) is 0 Å². The van der Waals surface area contributed by atoms with E-state index < -0.39 is 0 Å². The highest BCUT2D eigenvalue weighted by molar-refractivity contribution is 5.14. The van der Waals surface area contributed by atoms with Crippen LogP contribution in [0, 0.1) is 17.2 Å². The van der Waals surface area contributed by atoms with Crippen LogP contribution in [0.1, 0.15) is 31.2 Å². The first-order valence-electron chi connectivity index (χ1n) is 6.55. The Bertz CT molecular complexity index is 358. The second-order valence-corrected chi connectivity index (χ2v) is 4.87. The lowest BCUT2D eigenvalue weighted by molar-refractivity contribution is 0.334. The number of nitrogens with one attached hydrogen (secondary N) is 1. The average molecular weight is 228 g/mol. The third-order valence-electron chi connectivity index (χ3n) is 3.60. The second-order valence-electron chi connectivity index (χ2n) is 4.87. The summed E-state index contributed by atoms with van der Waals surface area (Å²) in [6, 6.07) is 13.6. The predicted molar refractivity (Wildman–Crippen MR) is 69.5 cm³/mol. The van der Waals surface area contributed by atoms with Gasteiger partial charge in [-0.3, -0.25) is 0 Å². The molecular formula is C15H20N2. The van der Waals surface area contributed by atoms with E-state index in [9.17, 15) is 0 Å². The minimum Gasteiger partial charge on any atom is -0.314 e. The van der Waals surface area contributed by atoms with Crippen molar-refractivity contribution in [3.05, 3.63) is 35.9 Å². The third kappa shape index (κ3) is 3.87. The van der Waals surface area contributed by atoms with E-state index in [2.05, 4.69) is 41.7 Å². The Labute approximate surface area is 104 Å². The maximum atomic E-state index is 8.83. The summed E-state index contributed by atoms with van der Waals surface area (Å²) in [5.41, 5.74) is 1.39. The van der Waals surface area contributed by atoms with Gasteiger partial charge in [0.25, 0.3) is 0 Å². The molecule has 0 radical (unpaired) electrons. The Kier molecular flexibility index (Phi) is 4.58. The first-order chi connectivity index (χ1) is 8.38. The van der Waals surface area contributed by atoms with Crippen molar-refractivity contribution in [1.29, 1.82) is 5.26 Å². The van der Waals surface area contributed by atoms with Gasteiger partial charge in [-0.05, 0) is 44.2 Å². The topological polar surface area (TPSA) is 35.8 Å². The second kappa shape index (κ2) is 6.42. The molecule has 0 saturated heterocycles. The van der Waals surface area contributed by atoms with Gasteiger partial charge in [0, 0.05) is 12.0 Å². The summed E-state index contributed by atoms with van der Waals surface area (Å²) in [6.07, 6.45) is 5.55. The van der Waals surface area contributed by atoms with Crippen LogP contribution in [-0.2, 0) is 6.42 Å². The molecule has 1 N–H and O–H groups in total. The number of nitrogens with zero attached hydrogens (tertiary/aromatic N) is 1. The maximum absolute atomic E-state index is 8.83. The Morgan fingerprint density at radius 1 is 1.12 bits per heavy atom. The van der Waals surface area contributed by atoms with Crippen molar-refractivity contribution in [3.8, 4) is 6.07 Å². The molecule has 2 heteroatoms. The van der Waals surface area contributed by atoms with Gasteiger partial charge in [-0.1, -0.05) is 30.3 Å². The fraction of sp³-hybridized carbons (Fsp3) is 0.533. The number of hydrogen-bond acceptors (Lipinski definition) is 2. The normalized spacial score (nSPS) is 24.2. The highest BCUT2D eigenvalue weighted by Crippen LogP contribution is 2.23. The highest BCUT2D eigenvalue weighted by atomic mass is 14.9. The van der Waals surface area contributed by atoms with Crippen molar-refractivity contribution < 1.29 is 0 Å². The van der Waals surface area contributed by atoms with Crippen LogP contribution in [-0.4, -0.2) is 12.6 Å². The Morgan fingerprint density at radius 3 is 2.47 bits per heavy atom. The molecule has 1 saturated carbocycles. The zero-order valence-electron chi connectivity index (χ0n) is 10.2. The monoisotopic (exact) mass is 228 g/mol. The molecule has 2 rings (SSSR count). The molecule has 0 aromatic heterocycles. The van der Waals surface area contributed by atoms with Gasteiger partial charge in [-0.25, -0.2) is 0 Å². The lowest BCUT2D eigenvalue weighted by Crippen LogP contribution is -2.34.